The maximum Gasteiger partial charge on any atom is 0.123 e. The number of hydrogen-bond donors (Lipinski definition) is 1. The lowest BCUT2D eigenvalue weighted by molar-refractivity contribution is -0.109. The lowest BCUT2D eigenvalue weighted by Crippen LogP contribution is -2.51. The SMILES string of the molecule is CN(C)CC1CC(Cc2ccc(F)cc2)CCC1(O)C1CCCC1. The molecule has 0 bridgehead atoms. The zero-order valence-electron chi connectivity index (χ0n) is 15.2. The standard InChI is InChI=1S/C21H32FNO/c1-23(2)15-19-14-17(13-16-7-9-20(22)10-8-16)11-12-21(19,24)18-5-3-4-6-18/h7-10,17-19,24H,3-6,11-15H2,1-2H3. The molecule has 3 atom stereocenters. The first kappa shape index (κ1) is 17.9. The van der Waals surface area contributed by atoms with Crippen LogP contribution in [0.2, 0.25) is 0 Å². The molecule has 3 rings (SSSR count). The van der Waals surface area contributed by atoms with Crippen LogP contribution in [0.4, 0.5) is 4.39 Å². The fraction of sp³-hybridized carbons (Fsp3) is 0.714. The molecule has 2 aliphatic rings. The Balaban J connectivity index is 1.69. The predicted octanol–water partition coefficient (Wildman–Crippen LogP) is 4.27. The zero-order valence-corrected chi connectivity index (χ0v) is 15.2. The van der Waals surface area contributed by atoms with Crippen molar-refractivity contribution in [2.75, 3.05) is 20.6 Å². The largest absolute Gasteiger partial charge is 0.389 e. The number of aliphatic hydroxyl groups is 1. The highest BCUT2D eigenvalue weighted by Gasteiger charge is 2.47. The third kappa shape index (κ3) is 4.00. The second kappa shape index (κ2) is 7.53. The minimum absolute atomic E-state index is 0.163. The number of rotatable bonds is 5. The van der Waals surface area contributed by atoms with Gasteiger partial charge in [-0.15, -0.1) is 0 Å². The maximum absolute atomic E-state index is 13.1. The van der Waals surface area contributed by atoms with Gasteiger partial charge in [0.15, 0.2) is 0 Å². The topological polar surface area (TPSA) is 23.5 Å². The van der Waals surface area contributed by atoms with Crippen molar-refractivity contribution in [3.63, 3.8) is 0 Å². The van der Waals surface area contributed by atoms with Gasteiger partial charge in [-0.1, -0.05) is 25.0 Å². The van der Waals surface area contributed by atoms with Crippen molar-refractivity contribution in [1.82, 2.24) is 4.90 Å². The van der Waals surface area contributed by atoms with E-state index in [4.69, 9.17) is 0 Å². The van der Waals surface area contributed by atoms with Gasteiger partial charge in [-0.25, -0.2) is 4.39 Å². The number of halogens is 1. The van der Waals surface area contributed by atoms with Gasteiger partial charge in [-0.05, 0) is 82.2 Å². The number of hydrogen-bond acceptors (Lipinski definition) is 2. The van der Waals surface area contributed by atoms with Crippen molar-refractivity contribution in [3.8, 4) is 0 Å². The van der Waals surface area contributed by atoms with Crippen LogP contribution in [0.1, 0.15) is 50.5 Å². The van der Waals surface area contributed by atoms with Crippen molar-refractivity contribution < 1.29 is 9.50 Å². The highest BCUT2D eigenvalue weighted by molar-refractivity contribution is 5.17. The minimum atomic E-state index is -0.472. The fourth-order valence-corrected chi connectivity index (χ4v) is 5.14. The average Bonchev–Trinajstić information content (AvgIpc) is 3.08. The van der Waals surface area contributed by atoms with Gasteiger partial charge in [0.2, 0.25) is 0 Å². The molecule has 2 aliphatic carbocycles. The molecule has 3 heteroatoms. The van der Waals surface area contributed by atoms with E-state index in [0.29, 0.717) is 17.8 Å². The van der Waals surface area contributed by atoms with Crippen molar-refractivity contribution in [3.05, 3.63) is 35.6 Å². The molecule has 0 radical (unpaired) electrons. The van der Waals surface area contributed by atoms with Gasteiger partial charge in [-0.2, -0.15) is 0 Å². The third-order valence-corrected chi connectivity index (χ3v) is 6.36. The number of benzene rings is 1. The predicted molar refractivity (Wildman–Crippen MR) is 96.4 cm³/mol. The summed E-state index contributed by atoms with van der Waals surface area (Å²) >= 11 is 0. The quantitative estimate of drug-likeness (QED) is 0.870. The Hall–Kier alpha value is -0.930. The zero-order chi connectivity index (χ0) is 17.2. The van der Waals surface area contributed by atoms with E-state index >= 15 is 0 Å². The van der Waals surface area contributed by atoms with Crippen LogP contribution in [0.3, 0.4) is 0 Å². The molecule has 0 aliphatic heterocycles. The van der Waals surface area contributed by atoms with E-state index < -0.39 is 5.60 Å². The molecule has 24 heavy (non-hydrogen) atoms. The van der Waals surface area contributed by atoms with Gasteiger partial charge in [0, 0.05) is 12.5 Å². The molecule has 0 aromatic heterocycles. The van der Waals surface area contributed by atoms with Crippen molar-refractivity contribution in [2.24, 2.45) is 17.8 Å². The highest BCUT2D eigenvalue weighted by atomic mass is 19.1. The van der Waals surface area contributed by atoms with Crippen molar-refractivity contribution in [2.45, 2.75) is 57.0 Å². The van der Waals surface area contributed by atoms with Gasteiger partial charge in [0.25, 0.3) is 0 Å². The fourth-order valence-electron chi connectivity index (χ4n) is 5.14. The van der Waals surface area contributed by atoms with Crippen LogP contribution in [0.25, 0.3) is 0 Å². The van der Waals surface area contributed by atoms with Gasteiger partial charge in [0.05, 0.1) is 5.60 Å². The Labute approximate surface area is 146 Å². The van der Waals surface area contributed by atoms with Crippen molar-refractivity contribution >= 4 is 0 Å². The Kier molecular flexibility index (Phi) is 5.61. The highest BCUT2D eigenvalue weighted by Crippen LogP contribution is 2.48. The summed E-state index contributed by atoms with van der Waals surface area (Å²) in [6, 6.07) is 6.94. The first-order valence-electron chi connectivity index (χ1n) is 9.59. The Bertz CT molecular complexity index is 523. The summed E-state index contributed by atoms with van der Waals surface area (Å²) < 4.78 is 13.1. The van der Waals surface area contributed by atoms with Gasteiger partial charge in [0.1, 0.15) is 5.82 Å². The van der Waals surface area contributed by atoms with Crippen LogP contribution >= 0.6 is 0 Å². The first-order valence-corrected chi connectivity index (χ1v) is 9.59. The monoisotopic (exact) mass is 333 g/mol. The van der Waals surface area contributed by atoms with E-state index in [1.54, 1.807) is 12.1 Å². The summed E-state index contributed by atoms with van der Waals surface area (Å²) in [5.41, 5.74) is 0.747. The summed E-state index contributed by atoms with van der Waals surface area (Å²) in [5, 5.41) is 11.5. The average molecular weight is 333 g/mol. The summed E-state index contributed by atoms with van der Waals surface area (Å²) in [6.45, 7) is 0.965. The summed E-state index contributed by atoms with van der Waals surface area (Å²) in [6.07, 6.45) is 9.07. The van der Waals surface area contributed by atoms with Crippen LogP contribution in [0.15, 0.2) is 24.3 Å². The van der Waals surface area contributed by atoms with Gasteiger partial charge < -0.3 is 10.0 Å². The molecule has 3 unspecified atom stereocenters. The molecule has 0 saturated heterocycles. The van der Waals surface area contributed by atoms with E-state index in [1.165, 1.54) is 31.2 Å². The minimum Gasteiger partial charge on any atom is -0.389 e. The molecule has 0 amide bonds. The molecular formula is C21H32FNO. The Morgan fingerprint density at radius 2 is 1.79 bits per heavy atom. The molecule has 0 heterocycles. The molecule has 2 fully saturated rings. The van der Waals surface area contributed by atoms with Crippen LogP contribution < -0.4 is 0 Å². The molecule has 1 aromatic rings. The molecule has 2 saturated carbocycles. The maximum atomic E-state index is 13.1. The van der Waals surface area contributed by atoms with E-state index in [1.807, 2.05) is 12.1 Å². The molecule has 0 spiro atoms. The van der Waals surface area contributed by atoms with E-state index in [0.717, 1.165) is 32.2 Å². The summed E-state index contributed by atoms with van der Waals surface area (Å²) in [4.78, 5) is 2.23. The van der Waals surface area contributed by atoms with Crippen LogP contribution in [-0.4, -0.2) is 36.2 Å². The van der Waals surface area contributed by atoms with E-state index in [9.17, 15) is 9.50 Å². The molecular weight excluding hydrogens is 301 g/mol. The van der Waals surface area contributed by atoms with Gasteiger partial charge >= 0.3 is 0 Å². The second-order valence-corrected chi connectivity index (χ2v) is 8.40. The molecule has 1 aromatic carbocycles. The normalized spacial score (nSPS) is 31.7. The van der Waals surface area contributed by atoms with E-state index in [-0.39, 0.29) is 5.82 Å². The Morgan fingerprint density at radius 1 is 1.12 bits per heavy atom. The van der Waals surface area contributed by atoms with Crippen LogP contribution in [0.5, 0.6) is 0 Å². The Morgan fingerprint density at radius 3 is 2.42 bits per heavy atom. The van der Waals surface area contributed by atoms with Gasteiger partial charge in [-0.3, -0.25) is 0 Å². The van der Waals surface area contributed by atoms with Crippen LogP contribution in [0, 0.1) is 23.6 Å². The summed E-state index contributed by atoms with van der Waals surface area (Å²) in [7, 11) is 4.22. The third-order valence-electron chi connectivity index (χ3n) is 6.36. The lowest BCUT2D eigenvalue weighted by atomic mass is 9.64. The smallest absolute Gasteiger partial charge is 0.123 e. The lowest BCUT2D eigenvalue weighted by Gasteiger charge is -2.48. The van der Waals surface area contributed by atoms with Crippen LogP contribution in [-0.2, 0) is 6.42 Å². The molecule has 134 valence electrons. The van der Waals surface area contributed by atoms with Crippen molar-refractivity contribution in [1.29, 1.82) is 0 Å². The molecule has 1 N–H and O–H groups in total. The first-order chi connectivity index (χ1) is 11.5. The number of nitrogens with zero attached hydrogens (tertiary/aromatic N) is 1. The second-order valence-electron chi connectivity index (χ2n) is 8.40. The van der Waals surface area contributed by atoms with E-state index in [2.05, 4.69) is 19.0 Å². The molecule has 2 nitrogen and oxygen atoms in total. The summed E-state index contributed by atoms with van der Waals surface area (Å²) in [5.74, 6) is 1.29.